The minimum absolute atomic E-state index is 0.127. The minimum atomic E-state index is -1.03. The third kappa shape index (κ3) is 1.96. The Hall–Kier alpha value is -2.46. The number of aliphatic hydroxyl groups is 1. The highest BCUT2D eigenvalue weighted by molar-refractivity contribution is 6.29. The lowest BCUT2D eigenvalue weighted by Gasteiger charge is -2.24. The maximum Gasteiger partial charge on any atom is 0.194 e. The predicted octanol–water partition coefficient (Wildman–Crippen LogP) is 2.84. The standard InChI is InChI=1S/C20H18O4/c1-10-8-13-16(14-9-15(20(2,3)23)24-19(10)14)18(22)12-7-5-4-6-11(12)17(13)21/h4-8,15,23H,9H2,1-3H3/t15-/m1/s1. The highest BCUT2D eigenvalue weighted by Gasteiger charge is 2.41. The van der Waals surface area contributed by atoms with Crippen LogP contribution in [0.25, 0.3) is 0 Å². The summed E-state index contributed by atoms with van der Waals surface area (Å²) in [5, 5.41) is 10.3. The van der Waals surface area contributed by atoms with Crippen LogP contribution in [0.15, 0.2) is 30.3 Å². The number of ether oxygens (including phenoxy) is 1. The summed E-state index contributed by atoms with van der Waals surface area (Å²) in [6.07, 6.45) is -0.0119. The summed E-state index contributed by atoms with van der Waals surface area (Å²) in [5.41, 5.74) is 2.29. The van der Waals surface area contributed by atoms with Crippen molar-refractivity contribution in [3.8, 4) is 5.75 Å². The number of benzene rings is 2. The van der Waals surface area contributed by atoms with Crippen LogP contribution in [0, 0.1) is 6.92 Å². The zero-order valence-electron chi connectivity index (χ0n) is 13.8. The summed E-state index contributed by atoms with van der Waals surface area (Å²) in [4.78, 5) is 25.9. The van der Waals surface area contributed by atoms with Gasteiger partial charge in [0.25, 0.3) is 0 Å². The van der Waals surface area contributed by atoms with Crippen molar-refractivity contribution < 1.29 is 19.4 Å². The topological polar surface area (TPSA) is 63.6 Å². The third-order valence-corrected chi connectivity index (χ3v) is 4.89. The quantitative estimate of drug-likeness (QED) is 0.748. The van der Waals surface area contributed by atoms with Crippen molar-refractivity contribution in [1.82, 2.24) is 0 Å². The van der Waals surface area contributed by atoms with Gasteiger partial charge in [-0.25, -0.2) is 0 Å². The molecular weight excluding hydrogens is 304 g/mol. The van der Waals surface area contributed by atoms with E-state index in [4.69, 9.17) is 4.74 Å². The van der Waals surface area contributed by atoms with Gasteiger partial charge in [0.05, 0.1) is 5.60 Å². The van der Waals surface area contributed by atoms with E-state index in [2.05, 4.69) is 0 Å². The van der Waals surface area contributed by atoms with Crippen LogP contribution in [0.1, 0.15) is 56.8 Å². The molecule has 0 saturated heterocycles. The summed E-state index contributed by atoms with van der Waals surface area (Å²) >= 11 is 0. The van der Waals surface area contributed by atoms with Gasteiger partial charge in [-0.15, -0.1) is 0 Å². The van der Waals surface area contributed by atoms with Gasteiger partial charge in [0.1, 0.15) is 11.9 Å². The van der Waals surface area contributed by atoms with Gasteiger partial charge >= 0.3 is 0 Å². The van der Waals surface area contributed by atoms with E-state index in [-0.39, 0.29) is 11.6 Å². The fourth-order valence-corrected chi connectivity index (χ4v) is 3.59. The number of ketones is 2. The SMILES string of the molecule is Cc1cc2c(c3c1O[C@@H](C(C)(C)O)C3)C(=O)c1ccccc1C2=O. The molecule has 0 radical (unpaired) electrons. The number of hydrogen-bond donors (Lipinski definition) is 1. The minimum Gasteiger partial charge on any atom is -0.487 e. The number of carbonyl (C=O) groups excluding carboxylic acids is 2. The monoisotopic (exact) mass is 322 g/mol. The fourth-order valence-electron chi connectivity index (χ4n) is 3.59. The number of carbonyl (C=O) groups is 2. The van der Waals surface area contributed by atoms with E-state index in [1.807, 2.05) is 6.92 Å². The molecule has 2 aromatic carbocycles. The second kappa shape index (κ2) is 4.77. The van der Waals surface area contributed by atoms with E-state index in [9.17, 15) is 14.7 Å². The van der Waals surface area contributed by atoms with Crippen molar-refractivity contribution in [1.29, 1.82) is 0 Å². The molecular formula is C20H18O4. The molecule has 4 rings (SSSR count). The van der Waals surface area contributed by atoms with Crippen LogP contribution in [0.3, 0.4) is 0 Å². The first-order valence-corrected chi connectivity index (χ1v) is 8.03. The smallest absolute Gasteiger partial charge is 0.194 e. The van der Waals surface area contributed by atoms with Gasteiger partial charge < -0.3 is 9.84 Å². The molecule has 4 nitrogen and oxygen atoms in total. The number of rotatable bonds is 1. The highest BCUT2D eigenvalue weighted by Crippen LogP contribution is 2.42. The zero-order chi connectivity index (χ0) is 17.2. The molecule has 1 aliphatic heterocycles. The van der Waals surface area contributed by atoms with Crippen LogP contribution in [0.2, 0.25) is 0 Å². The van der Waals surface area contributed by atoms with E-state index in [1.165, 1.54) is 0 Å². The van der Waals surface area contributed by atoms with Crippen molar-refractivity contribution in [3.05, 3.63) is 63.7 Å². The van der Waals surface area contributed by atoms with Crippen molar-refractivity contribution in [3.63, 3.8) is 0 Å². The predicted molar refractivity (Wildman–Crippen MR) is 88.9 cm³/mol. The molecule has 0 fully saturated rings. The van der Waals surface area contributed by atoms with Gasteiger partial charge in [-0.3, -0.25) is 9.59 Å². The summed E-state index contributed by atoms with van der Waals surface area (Å²) < 4.78 is 5.93. The first kappa shape index (κ1) is 15.1. The molecule has 0 saturated carbocycles. The van der Waals surface area contributed by atoms with Gasteiger partial charge in [0.2, 0.25) is 0 Å². The van der Waals surface area contributed by atoms with Crippen molar-refractivity contribution in [2.75, 3.05) is 0 Å². The molecule has 2 aromatic rings. The largest absolute Gasteiger partial charge is 0.487 e. The lowest BCUT2D eigenvalue weighted by molar-refractivity contribution is -0.0231. The van der Waals surface area contributed by atoms with E-state index >= 15 is 0 Å². The van der Waals surface area contributed by atoms with Crippen LogP contribution in [-0.4, -0.2) is 28.4 Å². The van der Waals surface area contributed by atoms with Gasteiger partial charge in [0, 0.05) is 34.2 Å². The van der Waals surface area contributed by atoms with Crippen molar-refractivity contribution in [2.24, 2.45) is 0 Å². The molecule has 122 valence electrons. The molecule has 1 heterocycles. The highest BCUT2D eigenvalue weighted by atomic mass is 16.5. The van der Waals surface area contributed by atoms with Gasteiger partial charge in [-0.05, 0) is 32.4 Å². The normalized spacial score (nSPS) is 18.8. The summed E-state index contributed by atoms with van der Waals surface area (Å²) in [6, 6.07) is 8.64. The Morgan fingerprint density at radius 2 is 1.71 bits per heavy atom. The second-order valence-electron chi connectivity index (χ2n) is 7.09. The van der Waals surface area contributed by atoms with Gasteiger partial charge in [-0.1, -0.05) is 24.3 Å². The van der Waals surface area contributed by atoms with Crippen LogP contribution in [0.4, 0.5) is 0 Å². The van der Waals surface area contributed by atoms with Gasteiger partial charge in [-0.2, -0.15) is 0 Å². The van der Waals surface area contributed by atoms with Crippen LogP contribution >= 0.6 is 0 Å². The zero-order valence-corrected chi connectivity index (χ0v) is 13.8. The molecule has 1 aliphatic carbocycles. The Bertz CT molecular complexity index is 903. The van der Waals surface area contributed by atoms with Crippen LogP contribution in [-0.2, 0) is 6.42 Å². The number of fused-ring (bicyclic) bond motifs is 4. The molecule has 24 heavy (non-hydrogen) atoms. The maximum absolute atomic E-state index is 13.0. The summed E-state index contributed by atoms with van der Waals surface area (Å²) in [7, 11) is 0. The van der Waals surface area contributed by atoms with Crippen molar-refractivity contribution in [2.45, 2.75) is 38.9 Å². The Morgan fingerprint density at radius 1 is 1.08 bits per heavy atom. The Morgan fingerprint density at radius 3 is 2.33 bits per heavy atom. The van der Waals surface area contributed by atoms with E-state index in [0.717, 1.165) is 11.1 Å². The van der Waals surface area contributed by atoms with Crippen LogP contribution in [0.5, 0.6) is 5.75 Å². The summed E-state index contributed by atoms with van der Waals surface area (Å²) in [6.45, 7) is 5.24. The average molecular weight is 322 g/mol. The average Bonchev–Trinajstić information content (AvgIpc) is 2.98. The molecule has 0 spiro atoms. The Balaban J connectivity index is 1.94. The van der Waals surface area contributed by atoms with E-state index < -0.39 is 11.7 Å². The molecule has 0 bridgehead atoms. The number of aryl methyl sites for hydroxylation is 1. The Labute approximate surface area is 140 Å². The second-order valence-corrected chi connectivity index (χ2v) is 7.09. The lowest BCUT2D eigenvalue weighted by atomic mass is 9.79. The maximum atomic E-state index is 13.0. The molecule has 4 heteroatoms. The Kier molecular flexibility index (Phi) is 3.00. The number of hydrogen-bond acceptors (Lipinski definition) is 4. The molecule has 1 atom stereocenters. The summed E-state index contributed by atoms with van der Waals surface area (Å²) in [5.74, 6) is 0.357. The van der Waals surface area contributed by atoms with Crippen molar-refractivity contribution >= 4 is 11.6 Å². The first-order valence-electron chi connectivity index (χ1n) is 8.03. The molecule has 2 aliphatic rings. The lowest BCUT2D eigenvalue weighted by Crippen LogP contribution is -2.39. The van der Waals surface area contributed by atoms with Crippen LogP contribution < -0.4 is 4.74 Å². The third-order valence-electron chi connectivity index (χ3n) is 4.89. The van der Waals surface area contributed by atoms with E-state index in [0.29, 0.717) is 34.4 Å². The molecule has 1 N–H and O–H groups in total. The van der Waals surface area contributed by atoms with E-state index in [1.54, 1.807) is 44.2 Å². The molecule has 0 unspecified atom stereocenters. The molecule has 0 aromatic heterocycles. The molecule has 0 amide bonds. The first-order chi connectivity index (χ1) is 11.3. The van der Waals surface area contributed by atoms with Gasteiger partial charge in [0.15, 0.2) is 11.6 Å². The fraction of sp³-hybridized carbons (Fsp3) is 0.300.